The van der Waals surface area contributed by atoms with Crippen molar-refractivity contribution in [3.63, 3.8) is 0 Å². The second-order valence-corrected chi connectivity index (χ2v) is 4.92. The van der Waals surface area contributed by atoms with Crippen molar-refractivity contribution in [3.05, 3.63) is 23.3 Å². The normalized spacial score (nSPS) is 17.2. The molecule has 0 aliphatic heterocycles. The summed E-state index contributed by atoms with van der Waals surface area (Å²) in [5, 5.41) is 10.1. The van der Waals surface area contributed by atoms with Crippen molar-refractivity contribution in [1.82, 2.24) is 0 Å². The van der Waals surface area contributed by atoms with Gasteiger partial charge in [-0.3, -0.25) is 0 Å². The lowest BCUT2D eigenvalue weighted by molar-refractivity contribution is 0.0597. The maximum Gasteiger partial charge on any atom is 0.341 e. The predicted molar refractivity (Wildman–Crippen MR) is 70.3 cm³/mol. The van der Waals surface area contributed by atoms with Crippen molar-refractivity contribution < 1.29 is 19.4 Å². The molecule has 1 aromatic rings. The van der Waals surface area contributed by atoms with Gasteiger partial charge in [-0.05, 0) is 18.9 Å². The van der Waals surface area contributed by atoms with Crippen LogP contribution in [0.2, 0.25) is 0 Å². The Balaban J connectivity index is 2.53. The highest BCUT2D eigenvalue weighted by Crippen LogP contribution is 2.42. The fourth-order valence-electron chi connectivity index (χ4n) is 2.68. The standard InChI is InChI=1S/C14H19NO4/c1-18-12-8-11(16)10(7-9(12)13(17)19-2)14(15)5-3-4-6-14/h7-8,16H,3-6,15H2,1-2H3. The van der Waals surface area contributed by atoms with Gasteiger partial charge in [-0.2, -0.15) is 0 Å². The summed E-state index contributed by atoms with van der Waals surface area (Å²) in [6.45, 7) is 0. The largest absolute Gasteiger partial charge is 0.507 e. The summed E-state index contributed by atoms with van der Waals surface area (Å²) < 4.78 is 9.83. The van der Waals surface area contributed by atoms with Gasteiger partial charge in [0.25, 0.3) is 0 Å². The van der Waals surface area contributed by atoms with Crippen LogP contribution in [0.4, 0.5) is 0 Å². The number of carbonyl (C=O) groups is 1. The zero-order chi connectivity index (χ0) is 14.0. The first-order valence-corrected chi connectivity index (χ1v) is 6.30. The molecular formula is C14H19NO4. The Morgan fingerprint density at radius 2 is 1.95 bits per heavy atom. The molecular weight excluding hydrogens is 246 g/mol. The van der Waals surface area contributed by atoms with E-state index in [0.717, 1.165) is 25.7 Å². The first-order valence-electron chi connectivity index (χ1n) is 6.30. The molecule has 104 valence electrons. The molecule has 1 aliphatic rings. The molecule has 1 saturated carbocycles. The summed E-state index contributed by atoms with van der Waals surface area (Å²) in [5.41, 5.74) is 6.64. The molecule has 2 rings (SSSR count). The zero-order valence-electron chi connectivity index (χ0n) is 11.2. The molecule has 0 bridgehead atoms. The van der Waals surface area contributed by atoms with Crippen molar-refractivity contribution in [2.24, 2.45) is 5.73 Å². The first kappa shape index (κ1) is 13.7. The van der Waals surface area contributed by atoms with E-state index in [2.05, 4.69) is 0 Å². The Hall–Kier alpha value is -1.75. The molecule has 0 spiro atoms. The topological polar surface area (TPSA) is 81.8 Å². The van der Waals surface area contributed by atoms with Crippen molar-refractivity contribution >= 4 is 5.97 Å². The average Bonchev–Trinajstić information content (AvgIpc) is 2.85. The number of nitrogens with two attached hydrogens (primary N) is 1. The highest BCUT2D eigenvalue weighted by atomic mass is 16.5. The van der Waals surface area contributed by atoms with Gasteiger partial charge < -0.3 is 20.3 Å². The van der Waals surface area contributed by atoms with Gasteiger partial charge in [0.05, 0.1) is 14.2 Å². The Morgan fingerprint density at radius 3 is 2.47 bits per heavy atom. The van der Waals surface area contributed by atoms with Crippen LogP contribution in [0.5, 0.6) is 11.5 Å². The van der Waals surface area contributed by atoms with E-state index in [0.29, 0.717) is 5.56 Å². The smallest absolute Gasteiger partial charge is 0.341 e. The fraction of sp³-hybridized carbons (Fsp3) is 0.500. The van der Waals surface area contributed by atoms with Crippen LogP contribution >= 0.6 is 0 Å². The van der Waals surface area contributed by atoms with Crippen molar-refractivity contribution in [3.8, 4) is 11.5 Å². The van der Waals surface area contributed by atoms with E-state index in [1.54, 1.807) is 6.07 Å². The first-order chi connectivity index (χ1) is 9.01. The third kappa shape index (κ3) is 2.38. The summed E-state index contributed by atoms with van der Waals surface area (Å²) in [5.74, 6) is -0.150. The molecule has 5 heteroatoms. The summed E-state index contributed by atoms with van der Waals surface area (Å²) in [6.07, 6.45) is 3.64. The van der Waals surface area contributed by atoms with Gasteiger partial charge in [0.2, 0.25) is 0 Å². The van der Waals surface area contributed by atoms with Gasteiger partial charge in [0.1, 0.15) is 17.1 Å². The van der Waals surface area contributed by atoms with Crippen LogP contribution in [-0.4, -0.2) is 25.3 Å². The van der Waals surface area contributed by atoms with Crippen molar-refractivity contribution in [2.75, 3.05) is 14.2 Å². The van der Waals surface area contributed by atoms with Gasteiger partial charge in [0, 0.05) is 17.2 Å². The number of aromatic hydroxyl groups is 1. The van der Waals surface area contributed by atoms with Crippen LogP contribution < -0.4 is 10.5 Å². The van der Waals surface area contributed by atoms with Crippen LogP contribution in [0, 0.1) is 0 Å². The lowest BCUT2D eigenvalue weighted by Crippen LogP contribution is -2.33. The summed E-state index contributed by atoms with van der Waals surface area (Å²) in [7, 11) is 2.75. The molecule has 1 aliphatic carbocycles. The van der Waals surface area contributed by atoms with E-state index in [1.807, 2.05) is 0 Å². The minimum atomic E-state index is -0.570. The molecule has 0 unspecified atom stereocenters. The molecule has 3 N–H and O–H groups in total. The number of methoxy groups -OCH3 is 2. The Kier molecular flexibility index (Phi) is 3.66. The number of hydrogen-bond acceptors (Lipinski definition) is 5. The highest BCUT2D eigenvalue weighted by Gasteiger charge is 2.35. The summed E-state index contributed by atoms with van der Waals surface area (Å²) >= 11 is 0. The number of ether oxygens (including phenoxy) is 2. The third-order valence-corrected chi connectivity index (χ3v) is 3.76. The SMILES string of the molecule is COC(=O)c1cc(C2(N)CCCC2)c(O)cc1OC. The molecule has 5 nitrogen and oxygen atoms in total. The van der Waals surface area contributed by atoms with Crippen LogP contribution in [-0.2, 0) is 10.3 Å². The van der Waals surface area contributed by atoms with Crippen molar-refractivity contribution in [2.45, 2.75) is 31.2 Å². The van der Waals surface area contributed by atoms with E-state index in [1.165, 1.54) is 20.3 Å². The number of benzene rings is 1. The second kappa shape index (κ2) is 5.09. The summed E-state index contributed by atoms with van der Waals surface area (Å²) in [4.78, 5) is 11.8. The molecule has 0 heterocycles. The quantitative estimate of drug-likeness (QED) is 0.816. The van der Waals surface area contributed by atoms with Crippen LogP contribution in [0.1, 0.15) is 41.6 Å². The lowest BCUT2D eigenvalue weighted by atomic mass is 9.87. The van der Waals surface area contributed by atoms with Gasteiger partial charge in [0.15, 0.2) is 0 Å². The van der Waals surface area contributed by atoms with E-state index < -0.39 is 11.5 Å². The number of phenolic OH excluding ortho intramolecular Hbond substituents is 1. The fourth-order valence-corrected chi connectivity index (χ4v) is 2.68. The minimum absolute atomic E-state index is 0.0638. The molecule has 1 aromatic carbocycles. The van der Waals surface area contributed by atoms with E-state index in [9.17, 15) is 9.90 Å². The molecule has 0 saturated heterocycles. The lowest BCUT2D eigenvalue weighted by Gasteiger charge is -2.26. The average molecular weight is 265 g/mol. The van der Waals surface area contributed by atoms with Gasteiger partial charge in [-0.25, -0.2) is 4.79 Å². The maximum atomic E-state index is 11.8. The maximum absolute atomic E-state index is 11.8. The monoisotopic (exact) mass is 265 g/mol. The van der Waals surface area contributed by atoms with E-state index in [4.69, 9.17) is 15.2 Å². The number of carbonyl (C=O) groups excluding carboxylic acids is 1. The van der Waals surface area contributed by atoms with E-state index >= 15 is 0 Å². The molecule has 0 atom stereocenters. The predicted octanol–water partition coefficient (Wildman–Crippen LogP) is 1.92. The van der Waals surface area contributed by atoms with E-state index in [-0.39, 0.29) is 17.1 Å². The number of rotatable bonds is 3. The third-order valence-electron chi connectivity index (χ3n) is 3.76. The zero-order valence-corrected chi connectivity index (χ0v) is 11.2. The summed E-state index contributed by atoms with van der Waals surface area (Å²) in [6, 6.07) is 3.01. The van der Waals surface area contributed by atoms with Gasteiger partial charge in [-0.15, -0.1) is 0 Å². The van der Waals surface area contributed by atoms with Gasteiger partial charge >= 0.3 is 5.97 Å². The van der Waals surface area contributed by atoms with Gasteiger partial charge in [-0.1, -0.05) is 12.8 Å². The highest BCUT2D eigenvalue weighted by molar-refractivity contribution is 5.93. The molecule has 0 radical (unpaired) electrons. The second-order valence-electron chi connectivity index (χ2n) is 4.92. The molecule has 0 aromatic heterocycles. The molecule has 0 amide bonds. The van der Waals surface area contributed by atoms with Crippen molar-refractivity contribution in [1.29, 1.82) is 0 Å². The minimum Gasteiger partial charge on any atom is -0.507 e. The Bertz CT molecular complexity index is 492. The van der Waals surface area contributed by atoms with Crippen LogP contribution in [0.15, 0.2) is 12.1 Å². The van der Waals surface area contributed by atoms with Crippen LogP contribution in [0.3, 0.4) is 0 Å². The Labute approximate surface area is 112 Å². The number of esters is 1. The number of hydrogen-bond donors (Lipinski definition) is 2. The van der Waals surface area contributed by atoms with Crippen LogP contribution in [0.25, 0.3) is 0 Å². The number of phenols is 1. The molecule has 1 fully saturated rings. The molecule has 19 heavy (non-hydrogen) atoms. The Morgan fingerprint density at radius 1 is 1.32 bits per heavy atom.